The van der Waals surface area contributed by atoms with E-state index in [0.29, 0.717) is 13.0 Å². The van der Waals surface area contributed by atoms with Crippen LogP contribution in [0.3, 0.4) is 0 Å². The molecule has 2 rings (SSSR count). The molecule has 0 fully saturated rings. The van der Waals surface area contributed by atoms with Crippen molar-refractivity contribution >= 4 is 22.6 Å². The summed E-state index contributed by atoms with van der Waals surface area (Å²) in [5, 5.41) is 14.0. The quantitative estimate of drug-likeness (QED) is 0.763. The summed E-state index contributed by atoms with van der Waals surface area (Å²) in [6, 6.07) is 13.4. The number of carbonyl (C=O) groups is 2. The summed E-state index contributed by atoms with van der Waals surface area (Å²) >= 11 is 0. The highest BCUT2D eigenvalue weighted by Crippen LogP contribution is 2.16. The summed E-state index contributed by atoms with van der Waals surface area (Å²) in [7, 11) is 1.70. The summed E-state index contributed by atoms with van der Waals surface area (Å²) in [6.45, 7) is 4.34. The molecule has 0 aliphatic rings. The minimum atomic E-state index is -0.563. The smallest absolute Gasteiger partial charge is 0.245 e. The van der Waals surface area contributed by atoms with E-state index < -0.39 is 6.04 Å². The fraction of sp³-hybridized carbons (Fsp3) is 0.429. The molecule has 0 saturated carbocycles. The third-order valence-electron chi connectivity index (χ3n) is 4.46. The first-order valence-corrected chi connectivity index (χ1v) is 9.05. The maximum absolute atomic E-state index is 12.6. The van der Waals surface area contributed by atoms with Crippen molar-refractivity contribution in [3.63, 3.8) is 0 Å². The van der Waals surface area contributed by atoms with E-state index in [4.69, 9.17) is 5.11 Å². The molecular formula is C21H28N2O3. The van der Waals surface area contributed by atoms with E-state index in [1.807, 2.05) is 56.3 Å². The van der Waals surface area contributed by atoms with E-state index in [-0.39, 0.29) is 30.8 Å². The molecule has 0 aliphatic carbocycles. The van der Waals surface area contributed by atoms with Crippen molar-refractivity contribution in [1.82, 2.24) is 10.2 Å². The summed E-state index contributed by atoms with van der Waals surface area (Å²) in [6.07, 6.45) is 0.764. The van der Waals surface area contributed by atoms with Crippen LogP contribution in [0, 0.1) is 5.92 Å². The Morgan fingerprint density at radius 2 is 1.81 bits per heavy atom. The Hall–Kier alpha value is -2.40. The highest BCUT2D eigenvalue weighted by Gasteiger charge is 2.26. The molecule has 2 amide bonds. The van der Waals surface area contributed by atoms with Crippen LogP contribution in [0.15, 0.2) is 42.5 Å². The molecule has 0 unspecified atom stereocenters. The minimum absolute atomic E-state index is 0.0142. The van der Waals surface area contributed by atoms with Crippen LogP contribution in [-0.4, -0.2) is 48.1 Å². The fourth-order valence-corrected chi connectivity index (χ4v) is 2.93. The van der Waals surface area contributed by atoms with Crippen molar-refractivity contribution in [2.24, 2.45) is 5.92 Å². The Kier molecular flexibility index (Phi) is 7.16. The second kappa shape index (κ2) is 9.34. The van der Waals surface area contributed by atoms with Gasteiger partial charge in [-0.2, -0.15) is 0 Å². The van der Waals surface area contributed by atoms with Crippen molar-refractivity contribution < 1.29 is 14.7 Å². The average Bonchev–Trinajstić information content (AvgIpc) is 2.63. The molecule has 1 atom stereocenters. The molecule has 0 aliphatic heterocycles. The lowest BCUT2D eigenvalue weighted by Gasteiger charge is -2.27. The zero-order valence-corrected chi connectivity index (χ0v) is 15.7. The van der Waals surface area contributed by atoms with Gasteiger partial charge in [0.15, 0.2) is 0 Å². The Morgan fingerprint density at radius 3 is 2.46 bits per heavy atom. The van der Waals surface area contributed by atoms with Gasteiger partial charge in [-0.25, -0.2) is 0 Å². The van der Waals surface area contributed by atoms with E-state index in [9.17, 15) is 9.59 Å². The molecule has 0 aromatic heterocycles. The molecule has 0 radical (unpaired) electrons. The lowest BCUT2D eigenvalue weighted by molar-refractivity contribution is -0.136. The molecular weight excluding hydrogens is 328 g/mol. The molecule has 0 saturated heterocycles. The van der Waals surface area contributed by atoms with Gasteiger partial charge >= 0.3 is 0 Å². The number of likely N-dealkylation sites (N-methyl/N-ethyl adjacent to an activating group) is 1. The Labute approximate surface area is 155 Å². The first-order chi connectivity index (χ1) is 12.4. The number of rotatable bonds is 8. The number of aliphatic hydroxyl groups is 1. The minimum Gasteiger partial charge on any atom is -0.396 e. The second-order valence-corrected chi connectivity index (χ2v) is 6.98. The van der Waals surface area contributed by atoms with Crippen LogP contribution in [0.1, 0.15) is 25.8 Å². The number of hydrogen-bond acceptors (Lipinski definition) is 3. The van der Waals surface area contributed by atoms with Crippen molar-refractivity contribution in [2.75, 3.05) is 20.2 Å². The SMILES string of the molecule is CC(C)[C@H](NC(=O)Cc1ccc2ccccc2c1)C(=O)N(C)CCCO. The summed E-state index contributed by atoms with van der Waals surface area (Å²) in [5.41, 5.74) is 0.921. The Bertz CT molecular complexity index is 758. The second-order valence-electron chi connectivity index (χ2n) is 6.98. The third kappa shape index (κ3) is 5.30. The van der Waals surface area contributed by atoms with E-state index in [1.165, 1.54) is 0 Å². The summed E-state index contributed by atoms with van der Waals surface area (Å²) in [5.74, 6) is -0.303. The van der Waals surface area contributed by atoms with Crippen molar-refractivity contribution in [3.05, 3.63) is 48.0 Å². The first-order valence-electron chi connectivity index (χ1n) is 9.05. The van der Waals surface area contributed by atoms with Gasteiger partial charge in [0.05, 0.1) is 6.42 Å². The van der Waals surface area contributed by atoms with Crippen LogP contribution in [0.2, 0.25) is 0 Å². The Morgan fingerprint density at radius 1 is 1.12 bits per heavy atom. The van der Waals surface area contributed by atoms with Crippen LogP contribution in [0.25, 0.3) is 10.8 Å². The van der Waals surface area contributed by atoms with Gasteiger partial charge in [-0.15, -0.1) is 0 Å². The molecule has 140 valence electrons. The average molecular weight is 356 g/mol. The van der Waals surface area contributed by atoms with Gasteiger partial charge in [0.1, 0.15) is 6.04 Å². The predicted octanol–water partition coefficient (Wildman–Crippen LogP) is 2.36. The molecule has 0 heterocycles. The van der Waals surface area contributed by atoms with Crippen LogP contribution in [0.5, 0.6) is 0 Å². The maximum atomic E-state index is 12.6. The van der Waals surface area contributed by atoms with E-state index in [0.717, 1.165) is 16.3 Å². The monoisotopic (exact) mass is 356 g/mol. The first kappa shape index (κ1) is 19.9. The van der Waals surface area contributed by atoms with Crippen LogP contribution in [0.4, 0.5) is 0 Å². The van der Waals surface area contributed by atoms with Gasteiger partial charge in [-0.3, -0.25) is 9.59 Å². The molecule has 26 heavy (non-hydrogen) atoms. The van der Waals surface area contributed by atoms with Gasteiger partial charge in [-0.05, 0) is 28.7 Å². The largest absolute Gasteiger partial charge is 0.396 e. The number of amides is 2. The number of fused-ring (bicyclic) bond motifs is 1. The molecule has 2 aromatic rings. The van der Waals surface area contributed by atoms with Crippen molar-refractivity contribution in [3.8, 4) is 0 Å². The standard InChI is InChI=1S/C21H28N2O3/c1-15(2)20(21(26)23(3)11-6-12-24)22-19(25)14-16-9-10-17-7-4-5-8-18(17)13-16/h4-5,7-10,13,15,20,24H,6,11-12,14H2,1-3H3,(H,22,25)/t20-/m0/s1. The van der Waals surface area contributed by atoms with E-state index in [1.54, 1.807) is 11.9 Å². The third-order valence-corrected chi connectivity index (χ3v) is 4.46. The van der Waals surface area contributed by atoms with E-state index >= 15 is 0 Å². The molecule has 0 spiro atoms. The Balaban J connectivity index is 2.03. The van der Waals surface area contributed by atoms with Gasteiger partial charge in [0.2, 0.25) is 11.8 Å². The van der Waals surface area contributed by atoms with Crippen LogP contribution >= 0.6 is 0 Å². The molecule has 2 aromatic carbocycles. The van der Waals surface area contributed by atoms with E-state index in [2.05, 4.69) is 5.32 Å². The van der Waals surface area contributed by atoms with Crippen LogP contribution < -0.4 is 5.32 Å². The topological polar surface area (TPSA) is 69.6 Å². The predicted molar refractivity (Wildman–Crippen MR) is 104 cm³/mol. The number of benzene rings is 2. The van der Waals surface area contributed by atoms with Gasteiger partial charge in [-0.1, -0.05) is 56.3 Å². The number of aliphatic hydroxyl groups excluding tert-OH is 1. The number of carbonyl (C=O) groups excluding carboxylic acids is 2. The summed E-state index contributed by atoms with van der Waals surface area (Å²) in [4.78, 5) is 26.6. The lowest BCUT2D eigenvalue weighted by atomic mass is 10.0. The highest BCUT2D eigenvalue weighted by atomic mass is 16.3. The molecule has 0 bridgehead atoms. The fourth-order valence-electron chi connectivity index (χ4n) is 2.93. The van der Waals surface area contributed by atoms with Gasteiger partial charge in [0.25, 0.3) is 0 Å². The van der Waals surface area contributed by atoms with Crippen LogP contribution in [-0.2, 0) is 16.0 Å². The summed E-state index contributed by atoms with van der Waals surface area (Å²) < 4.78 is 0. The number of nitrogens with zero attached hydrogens (tertiary/aromatic N) is 1. The van der Waals surface area contributed by atoms with Crippen molar-refractivity contribution in [2.45, 2.75) is 32.7 Å². The maximum Gasteiger partial charge on any atom is 0.245 e. The van der Waals surface area contributed by atoms with Crippen molar-refractivity contribution in [1.29, 1.82) is 0 Å². The number of nitrogens with one attached hydrogen (secondary N) is 1. The van der Waals surface area contributed by atoms with Gasteiger partial charge < -0.3 is 15.3 Å². The zero-order valence-electron chi connectivity index (χ0n) is 15.7. The van der Waals surface area contributed by atoms with Gasteiger partial charge in [0, 0.05) is 20.2 Å². The molecule has 2 N–H and O–H groups in total. The molecule has 5 nitrogen and oxygen atoms in total. The molecule has 5 heteroatoms. The normalized spacial score (nSPS) is 12.2. The number of hydrogen-bond donors (Lipinski definition) is 2. The lowest BCUT2D eigenvalue weighted by Crippen LogP contribution is -2.50. The zero-order chi connectivity index (χ0) is 19.1. The highest BCUT2D eigenvalue weighted by molar-refractivity contribution is 5.89.